The molecular formula is C23H38N2O2S. The normalized spacial score (nSPS) is 29.1. The molecule has 28 heavy (non-hydrogen) atoms. The van der Waals surface area contributed by atoms with Crippen LogP contribution in [0.15, 0.2) is 29.2 Å². The molecule has 0 aromatic heterocycles. The first-order chi connectivity index (χ1) is 13.5. The molecule has 0 spiro atoms. The lowest BCUT2D eigenvalue weighted by Gasteiger charge is -2.51. The van der Waals surface area contributed by atoms with Gasteiger partial charge in [-0.1, -0.05) is 26.0 Å². The molecule has 0 amide bonds. The molecule has 4 nitrogen and oxygen atoms in total. The Morgan fingerprint density at radius 1 is 1.07 bits per heavy atom. The first-order valence-electron chi connectivity index (χ1n) is 11.0. The summed E-state index contributed by atoms with van der Waals surface area (Å²) in [4.78, 5) is 6.15. The summed E-state index contributed by atoms with van der Waals surface area (Å²) in [5.41, 5.74) is 0.447. The van der Waals surface area contributed by atoms with Gasteiger partial charge in [0.2, 0.25) is 0 Å². The standard InChI is InChI=1S/C23H38N2O2S/c1-4-11-24-13-9-23(27,10-14-24)21-17-25(12-5-2)16-20(22(21)26)18-7-6-8-19(15-18)28-3/h6-8,15,20-22,26-27H,4-5,9-14,16-17H2,1-3H3. The van der Waals surface area contributed by atoms with Gasteiger partial charge >= 0.3 is 0 Å². The van der Waals surface area contributed by atoms with Gasteiger partial charge in [-0.2, -0.15) is 0 Å². The van der Waals surface area contributed by atoms with Crippen molar-refractivity contribution in [3.63, 3.8) is 0 Å². The lowest BCUT2D eigenvalue weighted by atomic mass is 9.70. The van der Waals surface area contributed by atoms with E-state index in [1.807, 2.05) is 0 Å². The molecule has 3 unspecified atom stereocenters. The largest absolute Gasteiger partial charge is 0.392 e. The molecule has 2 aliphatic rings. The van der Waals surface area contributed by atoms with E-state index in [1.165, 1.54) is 10.5 Å². The van der Waals surface area contributed by atoms with Crippen molar-refractivity contribution < 1.29 is 10.2 Å². The van der Waals surface area contributed by atoms with Crippen molar-refractivity contribution in [3.8, 4) is 0 Å². The number of hydrogen-bond donors (Lipinski definition) is 2. The molecule has 2 N–H and O–H groups in total. The van der Waals surface area contributed by atoms with E-state index in [9.17, 15) is 10.2 Å². The summed E-state index contributed by atoms with van der Waals surface area (Å²) in [6, 6.07) is 8.59. The summed E-state index contributed by atoms with van der Waals surface area (Å²) in [7, 11) is 0. The van der Waals surface area contributed by atoms with Crippen LogP contribution in [0.2, 0.25) is 0 Å². The molecule has 5 heteroatoms. The number of aliphatic hydroxyl groups is 2. The Kier molecular flexibility index (Phi) is 7.85. The number of benzene rings is 1. The Hall–Kier alpha value is -0.590. The topological polar surface area (TPSA) is 46.9 Å². The van der Waals surface area contributed by atoms with E-state index >= 15 is 0 Å². The minimum atomic E-state index is -0.758. The number of nitrogens with zero attached hydrogens (tertiary/aromatic N) is 2. The molecular weight excluding hydrogens is 368 g/mol. The van der Waals surface area contributed by atoms with E-state index in [1.54, 1.807) is 11.8 Å². The fourth-order valence-corrected chi connectivity index (χ4v) is 5.61. The van der Waals surface area contributed by atoms with Crippen molar-refractivity contribution in [2.75, 3.05) is 45.5 Å². The number of piperidine rings is 2. The highest BCUT2D eigenvalue weighted by molar-refractivity contribution is 7.98. The van der Waals surface area contributed by atoms with E-state index in [0.717, 1.165) is 65.0 Å². The van der Waals surface area contributed by atoms with Gasteiger partial charge in [0.15, 0.2) is 0 Å². The average Bonchev–Trinajstić information content (AvgIpc) is 2.71. The zero-order valence-corrected chi connectivity index (χ0v) is 18.6. The number of hydrogen-bond acceptors (Lipinski definition) is 5. The van der Waals surface area contributed by atoms with Crippen molar-refractivity contribution in [2.24, 2.45) is 5.92 Å². The van der Waals surface area contributed by atoms with Crippen LogP contribution >= 0.6 is 11.8 Å². The predicted molar refractivity (Wildman–Crippen MR) is 118 cm³/mol. The fourth-order valence-electron chi connectivity index (χ4n) is 5.14. The summed E-state index contributed by atoms with van der Waals surface area (Å²) in [5.74, 6) is -0.0189. The molecule has 0 saturated carbocycles. The van der Waals surface area contributed by atoms with E-state index in [-0.39, 0.29) is 11.8 Å². The number of rotatable bonds is 7. The third kappa shape index (κ3) is 4.93. The molecule has 1 aromatic rings. The highest BCUT2D eigenvalue weighted by Gasteiger charge is 2.48. The molecule has 1 aromatic carbocycles. The van der Waals surface area contributed by atoms with Crippen LogP contribution in [0.3, 0.4) is 0 Å². The van der Waals surface area contributed by atoms with Crippen molar-refractivity contribution in [1.82, 2.24) is 9.80 Å². The summed E-state index contributed by atoms with van der Waals surface area (Å²) >= 11 is 1.74. The van der Waals surface area contributed by atoms with Crippen LogP contribution in [-0.2, 0) is 0 Å². The van der Waals surface area contributed by atoms with Gasteiger partial charge in [-0.25, -0.2) is 0 Å². The van der Waals surface area contributed by atoms with Gasteiger partial charge in [-0.15, -0.1) is 11.8 Å². The van der Waals surface area contributed by atoms with E-state index < -0.39 is 11.7 Å². The highest BCUT2D eigenvalue weighted by atomic mass is 32.2. The summed E-state index contributed by atoms with van der Waals surface area (Å²) < 4.78 is 0. The Bertz CT molecular complexity index is 618. The van der Waals surface area contributed by atoms with Gasteiger partial charge in [-0.05, 0) is 62.7 Å². The van der Waals surface area contributed by atoms with Crippen LogP contribution in [0.25, 0.3) is 0 Å². The van der Waals surface area contributed by atoms with Crippen LogP contribution in [-0.4, -0.2) is 77.2 Å². The first-order valence-corrected chi connectivity index (χ1v) is 12.2. The van der Waals surface area contributed by atoms with Gasteiger partial charge in [-0.3, -0.25) is 0 Å². The molecule has 2 saturated heterocycles. The second-order valence-electron chi connectivity index (χ2n) is 8.68. The molecule has 158 valence electrons. The smallest absolute Gasteiger partial charge is 0.0737 e. The second kappa shape index (κ2) is 9.94. The van der Waals surface area contributed by atoms with Crippen molar-refractivity contribution in [1.29, 1.82) is 0 Å². The first kappa shape index (κ1) is 22.1. The van der Waals surface area contributed by atoms with Crippen LogP contribution < -0.4 is 0 Å². The van der Waals surface area contributed by atoms with E-state index in [2.05, 4.69) is 54.2 Å². The Morgan fingerprint density at radius 3 is 2.39 bits per heavy atom. The minimum Gasteiger partial charge on any atom is -0.392 e. The maximum absolute atomic E-state index is 11.6. The van der Waals surface area contributed by atoms with Gasteiger partial charge in [0.05, 0.1) is 11.7 Å². The van der Waals surface area contributed by atoms with Crippen molar-refractivity contribution in [3.05, 3.63) is 29.8 Å². The quantitative estimate of drug-likeness (QED) is 0.680. The van der Waals surface area contributed by atoms with Crippen molar-refractivity contribution >= 4 is 11.8 Å². The lowest BCUT2D eigenvalue weighted by Crippen LogP contribution is -2.60. The summed E-state index contributed by atoms with van der Waals surface area (Å²) in [5, 5.41) is 23.0. The zero-order valence-electron chi connectivity index (χ0n) is 17.8. The number of thioether (sulfide) groups is 1. The van der Waals surface area contributed by atoms with Gasteiger partial charge in [0, 0.05) is 42.9 Å². The van der Waals surface area contributed by atoms with Crippen LogP contribution in [0.5, 0.6) is 0 Å². The van der Waals surface area contributed by atoms with Gasteiger partial charge in [0.1, 0.15) is 0 Å². The van der Waals surface area contributed by atoms with E-state index in [0.29, 0.717) is 0 Å². The molecule has 2 aliphatic heterocycles. The minimum absolute atomic E-state index is 0.0649. The molecule has 0 radical (unpaired) electrons. The third-order valence-corrected chi connectivity index (χ3v) is 7.47. The molecule has 0 aliphatic carbocycles. The maximum Gasteiger partial charge on any atom is 0.0737 e. The Balaban J connectivity index is 1.81. The van der Waals surface area contributed by atoms with E-state index in [4.69, 9.17) is 0 Å². The zero-order chi connectivity index (χ0) is 20.1. The van der Waals surface area contributed by atoms with Crippen LogP contribution in [0, 0.1) is 5.92 Å². The average molecular weight is 407 g/mol. The monoisotopic (exact) mass is 406 g/mol. The van der Waals surface area contributed by atoms with Crippen LogP contribution in [0.1, 0.15) is 51.0 Å². The highest BCUT2D eigenvalue weighted by Crippen LogP contribution is 2.41. The van der Waals surface area contributed by atoms with Gasteiger partial charge < -0.3 is 20.0 Å². The van der Waals surface area contributed by atoms with Crippen LogP contribution in [0.4, 0.5) is 0 Å². The summed E-state index contributed by atoms with van der Waals surface area (Å²) in [6.07, 6.45) is 5.40. The SMILES string of the molecule is CCCN1CCC(O)(C2CN(CCC)CC(c3cccc(SC)c3)C2O)CC1. The molecule has 3 atom stereocenters. The van der Waals surface area contributed by atoms with Gasteiger partial charge in [0.25, 0.3) is 0 Å². The number of aliphatic hydroxyl groups excluding tert-OH is 1. The molecule has 2 fully saturated rings. The third-order valence-electron chi connectivity index (χ3n) is 6.75. The Labute approximate surface area is 175 Å². The molecule has 3 rings (SSSR count). The second-order valence-corrected chi connectivity index (χ2v) is 9.56. The Morgan fingerprint density at radius 2 is 1.75 bits per heavy atom. The van der Waals surface area contributed by atoms with Crippen molar-refractivity contribution in [2.45, 2.75) is 62.0 Å². The molecule has 2 heterocycles. The fraction of sp³-hybridized carbons (Fsp3) is 0.739. The number of likely N-dealkylation sites (tertiary alicyclic amines) is 2. The predicted octanol–water partition coefficient (Wildman–Crippen LogP) is 3.43. The summed E-state index contributed by atoms with van der Waals surface area (Å²) in [6.45, 7) is 10.1. The maximum atomic E-state index is 11.6. The molecule has 0 bridgehead atoms. The lowest BCUT2D eigenvalue weighted by molar-refractivity contribution is -0.135.